The summed E-state index contributed by atoms with van der Waals surface area (Å²) in [5.41, 5.74) is 0.341. The van der Waals surface area contributed by atoms with Gasteiger partial charge in [0.25, 0.3) is 0 Å². The zero-order valence-electron chi connectivity index (χ0n) is 21.6. The van der Waals surface area contributed by atoms with E-state index in [1.54, 1.807) is 53.2 Å². The fraction of sp³-hybridized carbons (Fsp3) is 0.444. The van der Waals surface area contributed by atoms with Crippen LogP contribution in [0.2, 0.25) is 0 Å². The van der Waals surface area contributed by atoms with E-state index in [9.17, 15) is 14.7 Å². The van der Waals surface area contributed by atoms with Crippen molar-refractivity contribution < 1.29 is 33.6 Å². The molecule has 0 radical (unpaired) electrons. The highest BCUT2D eigenvalue weighted by Crippen LogP contribution is 2.32. The number of aromatic nitrogens is 2. The molecule has 37 heavy (non-hydrogen) atoms. The van der Waals surface area contributed by atoms with Gasteiger partial charge >= 0.3 is 12.1 Å². The number of amides is 1. The van der Waals surface area contributed by atoms with E-state index in [1.807, 2.05) is 20.8 Å². The number of carbonyl (C=O) groups is 2. The molecule has 1 aromatic heterocycles. The van der Waals surface area contributed by atoms with Crippen LogP contribution in [0.15, 0.2) is 42.6 Å². The minimum absolute atomic E-state index is 0.0865. The summed E-state index contributed by atoms with van der Waals surface area (Å²) in [6, 6.07) is 10.2. The minimum atomic E-state index is -1.03. The maximum atomic E-state index is 12.2. The van der Waals surface area contributed by atoms with E-state index in [-0.39, 0.29) is 17.8 Å². The smallest absolute Gasteiger partial charge is 0.410 e. The van der Waals surface area contributed by atoms with Gasteiger partial charge in [0.15, 0.2) is 5.75 Å². The fourth-order valence-corrected chi connectivity index (χ4v) is 4.12. The van der Waals surface area contributed by atoms with Gasteiger partial charge in [-0.05, 0) is 70.0 Å². The predicted molar refractivity (Wildman–Crippen MR) is 136 cm³/mol. The molecule has 0 bridgehead atoms. The Hall–Kier alpha value is -3.79. The third-order valence-corrected chi connectivity index (χ3v) is 5.90. The van der Waals surface area contributed by atoms with Crippen LogP contribution in [0.3, 0.4) is 0 Å². The summed E-state index contributed by atoms with van der Waals surface area (Å²) in [6.45, 7) is 7.65. The van der Waals surface area contributed by atoms with Crippen LogP contribution < -0.4 is 9.47 Å². The summed E-state index contributed by atoms with van der Waals surface area (Å²) in [5, 5.41) is 14.3. The average Bonchev–Trinajstić information content (AvgIpc) is 3.23. The molecule has 4 rings (SSSR count). The van der Waals surface area contributed by atoms with Crippen LogP contribution in [0.25, 0.3) is 10.9 Å². The Kier molecular flexibility index (Phi) is 7.87. The van der Waals surface area contributed by atoms with Gasteiger partial charge in [-0.25, -0.2) is 9.59 Å². The van der Waals surface area contributed by atoms with Gasteiger partial charge in [-0.1, -0.05) is 0 Å². The van der Waals surface area contributed by atoms with Crippen molar-refractivity contribution in [3.63, 3.8) is 0 Å². The minimum Gasteiger partial charge on any atom is -0.491 e. The van der Waals surface area contributed by atoms with Crippen molar-refractivity contribution in [1.29, 1.82) is 0 Å². The Balaban J connectivity index is 1.23. The Bertz CT molecular complexity index is 1240. The first-order valence-electron chi connectivity index (χ1n) is 12.3. The third-order valence-electron chi connectivity index (χ3n) is 5.90. The third kappa shape index (κ3) is 6.91. The molecule has 0 aliphatic carbocycles. The molecule has 0 spiro atoms. The number of carboxylic acids is 1. The molecule has 1 saturated heterocycles. The largest absolute Gasteiger partial charge is 0.491 e. The summed E-state index contributed by atoms with van der Waals surface area (Å²) in [7, 11) is 1.78. The van der Waals surface area contributed by atoms with Gasteiger partial charge in [0.2, 0.25) is 0 Å². The SMILES string of the molecule is Cn1ncc2cc(C(=O)O)cc(Oc3ccc(OCCOC4CCN(C(=O)OC(C)(C)C)CC4)cc3)c21. The van der Waals surface area contributed by atoms with Gasteiger partial charge in [-0.15, -0.1) is 0 Å². The molecule has 1 aliphatic rings. The van der Waals surface area contributed by atoms with Crippen molar-refractivity contribution in [3.05, 3.63) is 48.2 Å². The summed E-state index contributed by atoms with van der Waals surface area (Å²) < 4.78 is 24.8. The number of benzene rings is 2. The Morgan fingerprint density at radius 3 is 2.38 bits per heavy atom. The van der Waals surface area contributed by atoms with Gasteiger partial charge in [0.05, 0.1) is 24.5 Å². The van der Waals surface area contributed by atoms with Crippen LogP contribution in [0.5, 0.6) is 17.2 Å². The second kappa shape index (κ2) is 11.1. The lowest BCUT2D eigenvalue weighted by molar-refractivity contribution is -0.0177. The molecule has 1 amide bonds. The maximum Gasteiger partial charge on any atom is 0.410 e. The Labute approximate surface area is 215 Å². The zero-order chi connectivity index (χ0) is 26.6. The zero-order valence-corrected chi connectivity index (χ0v) is 21.6. The van der Waals surface area contributed by atoms with Crippen molar-refractivity contribution in [1.82, 2.24) is 14.7 Å². The van der Waals surface area contributed by atoms with Crippen molar-refractivity contribution >= 4 is 23.0 Å². The molecule has 0 saturated carbocycles. The molecular weight excluding hydrogens is 478 g/mol. The average molecular weight is 512 g/mol. The molecule has 1 aliphatic heterocycles. The number of fused-ring (bicyclic) bond motifs is 1. The van der Waals surface area contributed by atoms with Gasteiger partial charge < -0.3 is 29.0 Å². The fourth-order valence-electron chi connectivity index (χ4n) is 4.12. The highest BCUT2D eigenvalue weighted by molar-refractivity contribution is 5.96. The van der Waals surface area contributed by atoms with Crippen LogP contribution in [0.4, 0.5) is 4.79 Å². The topological polar surface area (TPSA) is 112 Å². The molecule has 1 N–H and O–H groups in total. The normalized spacial score (nSPS) is 14.5. The van der Waals surface area contributed by atoms with Crippen molar-refractivity contribution in [2.24, 2.45) is 7.05 Å². The molecule has 0 atom stereocenters. The van der Waals surface area contributed by atoms with Gasteiger partial charge in [0.1, 0.15) is 29.2 Å². The van der Waals surface area contributed by atoms with Crippen LogP contribution in [-0.2, 0) is 16.5 Å². The van der Waals surface area contributed by atoms with E-state index >= 15 is 0 Å². The number of ether oxygens (including phenoxy) is 4. The predicted octanol–water partition coefficient (Wildman–Crippen LogP) is 4.86. The van der Waals surface area contributed by atoms with Crippen molar-refractivity contribution in [2.75, 3.05) is 26.3 Å². The number of carbonyl (C=O) groups excluding carboxylic acids is 1. The van der Waals surface area contributed by atoms with E-state index < -0.39 is 11.6 Å². The molecule has 10 nitrogen and oxygen atoms in total. The summed E-state index contributed by atoms with van der Waals surface area (Å²) in [4.78, 5) is 25.4. The van der Waals surface area contributed by atoms with Gasteiger partial charge in [0, 0.05) is 25.5 Å². The van der Waals surface area contributed by atoms with E-state index in [0.29, 0.717) is 54.5 Å². The first-order valence-corrected chi connectivity index (χ1v) is 12.3. The molecule has 2 aromatic carbocycles. The number of rotatable bonds is 8. The number of piperidine rings is 1. The lowest BCUT2D eigenvalue weighted by Crippen LogP contribution is -2.43. The van der Waals surface area contributed by atoms with E-state index in [0.717, 1.165) is 12.8 Å². The number of likely N-dealkylation sites (tertiary alicyclic amines) is 1. The molecule has 1 fully saturated rings. The summed E-state index contributed by atoms with van der Waals surface area (Å²) >= 11 is 0. The number of carboxylic acid groups (broad SMARTS) is 1. The molecule has 10 heteroatoms. The van der Waals surface area contributed by atoms with Gasteiger partial charge in [-0.2, -0.15) is 5.10 Å². The van der Waals surface area contributed by atoms with Crippen LogP contribution >= 0.6 is 0 Å². The first kappa shape index (κ1) is 26.3. The molecule has 3 aromatic rings. The molecule has 2 heterocycles. The number of nitrogens with zero attached hydrogens (tertiary/aromatic N) is 3. The Morgan fingerprint density at radius 2 is 1.73 bits per heavy atom. The number of aryl methyl sites for hydroxylation is 1. The van der Waals surface area contributed by atoms with Crippen molar-refractivity contribution in [2.45, 2.75) is 45.3 Å². The highest BCUT2D eigenvalue weighted by atomic mass is 16.6. The number of aromatic carboxylic acids is 1. The van der Waals surface area contributed by atoms with E-state index in [2.05, 4.69) is 5.10 Å². The second-order valence-corrected chi connectivity index (χ2v) is 9.95. The molecular formula is C27H33N3O7. The van der Waals surface area contributed by atoms with Crippen LogP contribution in [-0.4, -0.2) is 69.9 Å². The highest BCUT2D eigenvalue weighted by Gasteiger charge is 2.27. The maximum absolute atomic E-state index is 12.2. The Morgan fingerprint density at radius 1 is 1.05 bits per heavy atom. The standard InChI is InChI=1S/C27H33N3O7/c1-27(2,3)37-26(33)30-11-9-21(10-12-30)35-14-13-34-20-5-7-22(8-6-20)36-23-16-18(25(31)32)15-19-17-28-29(4)24(19)23/h5-8,15-17,21H,9-14H2,1-4H3,(H,31,32). The summed E-state index contributed by atoms with van der Waals surface area (Å²) in [6.07, 6.45) is 2.94. The quantitative estimate of drug-likeness (QED) is 0.427. The number of hydrogen-bond acceptors (Lipinski definition) is 7. The van der Waals surface area contributed by atoms with Crippen LogP contribution in [0.1, 0.15) is 44.0 Å². The molecule has 0 unspecified atom stereocenters. The lowest BCUT2D eigenvalue weighted by atomic mass is 10.1. The number of hydrogen-bond donors (Lipinski definition) is 1. The summed E-state index contributed by atoms with van der Waals surface area (Å²) in [5.74, 6) is 0.593. The van der Waals surface area contributed by atoms with E-state index in [4.69, 9.17) is 18.9 Å². The van der Waals surface area contributed by atoms with Crippen LogP contribution in [0, 0.1) is 0 Å². The second-order valence-electron chi connectivity index (χ2n) is 9.95. The van der Waals surface area contributed by atoms with E-state index in [1.165, 1.54) is 6.07 Å². The van der Waals surface area contributed by atoms with Gasteiger partial charge in [-0.3, -0.25) is 4.68 Å². The molecule has 198 valence electrons. The lowest BCUT2D eigenvalue weighted by Gasteiger charge is -2.33. The monoisotopic (exact) mass is 511 g/mol. The van der Waals surface area contributed by atoms with Crippen molar-refractivity contribution in [3.8, 4) is 17.2 Å². The first-order chi connectivity index (χ1) is 17.6.